The molecule has 3 atom stereocenters. The highest BCUT2D eigenvalue weighted by atomic mass is 16.5. The zero-order valence-corrected chi connectivity index (χ0v) is 13.3. The Morgan fingerprint density at radius 1 is 1.10 bits per heavy atom. The van der Waals surface area contributed by atoms with Crippen molar-refractivity contribution in [2.24, 2.45) is 0 Å². The molecular formula is C17H27NO3. The maximum absolute atomic E-state index is 6.07. The molecule has 3 unspecified atom stereocenters. The Hall–Kier alpha value is -0.940. The summed E-state index contributed by atoms with van der Waals surface area (Å²) in [5, 5.41) is 3.41. The fourth-order valence-corrected chi connectivity index (χ4v) is 3.06. The van der Waals surface area contributed by atoms with Crippen LogP contribution >= 0.6 is 0 Å². The first-order valence-corrected chi connectivity index (χ1v) is 7.72. The van der Waals surface area contributed by atoms with Crippen LogP contribution in [0.15, 0.2) is 24.3 Å². The van der Waals surface area contributed by atoms with Crippen molar-refractivity contribution >= 4 is 0 Å². The van der Waals surface area contributed by atoms with E-state index >= 15 is 0 Å². The molecule has 0 radical (unpaired) electrons. The molecule has 1 aromatic carbocycles. The Balaban J connectivity index is 1.89. The van der Waals surface area contributed by atoms with E-state index < -0.39 is 0 Å². The summed E-state index contributed by atoms with van der Waals surface area (Å²) in [5.74, 6) is 0.533. The summed E-state index contributed by atoms with van der Waals surface area (Å²) in [6.07, 6.45) is 1.24. The quantitative estimate of drug-likeness (QED) is 0.748. The Bertz CT molecular complexity index is 424. The molecule has 0 aliphatic heterocycles. The Kier molecular flexibility index (Phi) is 6.64. The number of fused-ring (bicyclic) bond motifs is 1. The molecule has 0 heterocycles. The molecule has 0 saturated carbocycles. The zero-order chi connectivity index (χ0) is 15.1. The third kappa shape index (κ3) is 4.27. The van der Waals surface area contributed by atoms with E-state index in [2.05, 4.69) is 36.5 Å². The van der Waals surface area contributed by atoms with Crippen molar-refractivity contribution in [3.05, 3.63) is 35.4 Å². The number of likely N-dealkylation sites (N-methyl/N-ethyl adjacent to an activating group) is 1. The maximum Gasteiger partial charge on any atom is 0.0776 e. The number of benzene rings is 1. The van der Waals surface area contributed by atoms with E-state index in [0.717, 1.165) is 6.42 Å². The first kappa shape index (κ1) is 16.4. The molecule has 1 aliphatic carbocycles. The van der Waals surface area contributed by atoms with Crippen molar-refractivity contribution in [2.75, 3.05) is 40.6 Å². The molecule has 21 heavy (non-hydrogen) atoms. The van der Waals surface area contributed by atoms with Gasteiger partial charge >= 0.3 is 0 Å². The summed E-state index contributed by atoms with van der Waals surface area (Å²) in [6.45, 7) is 4.77. The Morgan fingerprint density at radius 2 is 1.81 bits per heavy atom. The summed E-state index contributed by atoms with van der Waals surface area (Å²) in [6, 6.07) is 8.92. The molecule has 2 rings (SSSR count). The SMILES string of the molecule is CNC1c2ccccc2C(C)CC1OCCOCCOC. The van der Waals surface area contributed by atoms with Crippen LogP contribution in [0.5, 0.6) is 0 Å². The van der Waals surface area contributed by atoms with Crippen LogP contribution in [0.25, 0.3) is 0 Å². The maximum atomic E-state index is 6.07. The van der Waals surface area contributed by atoms with Crippen LogP contribution < -0.4 is 5.32 Å². The van der Waals surface area contributed by atoms with Gasteiger partial charge in [0, 0.05) is 7.11 Å². The number of hydrogen-bond acceptors (Lipinski definition) is 4. The van der Waals surface area contributed by atoms with Gasteiger partial charge in [-0.15, -0.1) is 0 Å². The molecular weight excluding hydrogens is 266 g/mol. The monoisotopic (exact) mass is 293 g/mol. The normalized spacial score (nSPS) is 24.8. The van der Waals surface area contributed by atoms with E-state index in [1.165, 1.54) is 11.1 Å². The standard InChI is InChI=1S/C17H27NO3/c1-13-12-16(21-11-10-20-9-8-19-3)17(18-2)15-7-5-4-6-14(13)15/h4-7,13,16-18H,8-12H2,1-3H3. The van der Waals surface area contributed by atoms with Gasteiger partial charge in [-0.2, -0.15) is 0 Å². The topological polar surface area (TPSA) is 39.7 Å². The molecule has 1 N–H and O–H groups in total. The van der Waals surface area contributed by atoms with Crippen molar-refractivity contribution in [2.45, 2.75) is 31.4 Å². The lowest BCUT2D eigenvalue weighted by Crippen LogP contribution is -2.37. The van der Waals surface area contributed by atoms with Gasteiger partial charge in [-0.1, -0.05) is 31.2 Å². The fourth-order valence-electron chi connectivity index (χ4n) is 3.06. The van der Waals surface area contributed by atoms with E-state index in [0.29, 0.717) is 32.3 Å². The second-order valence-corrected chi connectivity index (χ2v) is 5.55. The third-order valence-electron chi connectivity index (χ3n) is 4.12. The predicted molar refractivity (Wildman–Crippen MR) is 83.7 cm³/mol. The van der Waals surface area contributed by atoms with Crippen LogP contribution in [0.2, 0.25) is 0 Å². The molecule has 4 nitrogen and oxygen atoms in total. The van der Waals surface area contributed by atoms with Crippen molar-refractivity contribution in [3.8, 4) is 0 Å². The van der Waals surface area contributed by atoms with Crippen LogP contribution in [0.3, 0.4) is 0 Å². The van der Waals surface area contributed by atoms with Gasteiger partial charge in [0.05, 0.1) is 38.6 Å². The van der Waals surface area contributed by atoms with Gasteiger partial charge in [-0.25, -0.2) is 0 Å². The average Bonchev–Trinajstić information content (AvgIpc) is 2.51. The minimum atomic E-state index is 0.200. The molecule has 1 aromatic rings. The summed E-state index contributed by atoms with van der Waals surface area (Å²) >= 11 is 0. The Labute approximate surface area is 127 Å². The number of rotatable bonds is 8. The molecule has 0 bridgehead atoms. The van der Waals surface area contributed by atoms with Gasteiger partial charge < -0.3 is 19.5 Å². The molecule has 0 saturated heterocycles. The highest BCUT2D eigenvalue weighted by molar-refractivity contribution is 5.36. The summed E-state index contributed by atoms with van der Waals surface area (Å²) < 4.78 is 16.5. The van der Waals surface area contributed by atoms with Gasteiger partial charge in [-0.3, -0.25) is 0 Å². The third-order valence-corrected chi connectivity index (χ3v) is 4.12. The number of methoxy groups -OCH3 is 1. The van der Waals surface area contributed by atoms with Crippen molar-refractivity contribution in [1.29, 1.82) is 0 Å². The Morgan fingerprint density at radius 3 is 2.52 bits per heavy atom. The lowest BCUT2D eigenvalue weighted by atomic mass is 9.79. The van der Waals surface area contributed by atoms with Crippen molar-refractivity contribution < 1.29 is 14.2 Å². The van der Waals surface area contributed by atoms with Gasteiger partial charge in [0.15, 0.2) is 0 Å². The summed E-state index contributed by atoms with van der Waals surface area (Å²) in [4.78, 5) is 0. The first-order valence-electron chi connectivity index (χ1n) is 7.72. The predicted octanol–water partition coefficient (Wildman–Crippen LogP) is 2.50. The lowest BCUT2D eigenvalue weighted by Gasteiger charge is -2.36. The van der Waals surface area contributed by atoms with Crippen LogP contribution in [-0.4, -0.2) is 46.7 Å². The van der Waals surface area contributed by atoms with Gasteiger partial charge in [0.1, 0.15) is 0 Å². The molecule has 0 amide bonds. The van der Waals surface area contributed by atoms with Crippen LogP contribution in [0.1, 0.15) is 36.4 Å². The van der Waals surface area contributed by atoms with Crippen LogP contribution in [-0.2, 0) is 14.2 Å². The zero-order valence-electron chi connectivity index (χ0n) is 13.3. The highest BCUT2D eigenvalue weighted by Gasteiger charge is 2.32. The lowest BCUT2D eigenvalue weighted by molar-refractivity contribution is -0.0274. The molecule has 1 aliphatic rings. The minimum absolute atomic E-state index is 0.200. The van der Waals surface area contributed by atoms with Crippen molar-refractivity contribution in [3.63, 3.8) is 0 Å². The van der Waals surface area contributed by atoms with E-state index in [1.807, 2.05) is 7.05 Å². The van der Waals surface area contributed by atoms with Gasteiger partial charge in [-0.05, 0) is 30.5 Å². The average molecular weight is 293 g/mol. The largest absolute Gasteiger partial charge is 0.382 e. The molecule has 4 heteroatoms. The molecule has 118 valence electrons. The number of hydrogen-bond donors (Lipinski definition) is 1. The molecule has 0 aromatic heterocycles. The van der Waals surface area contributed by atoms with Crippen LogP contribution in [0.4, 0.5) is 0 Å². The second-order valence-electron chi connectivity index (χ2n) is 5.55. The fraction of sp³-hybridized carbons (Fsp3) is 0.647. The molecule has 0 fully saturated rings. The van der Waals surface area contributed by atoms with Gasteiger partial charge in [0.2, 0.25) is 0 Å². The molecule has 0 spiro atoms. The van der Waals surface area contributed by atoms with Crippen molar-refractivity contribution in [1.82, 2.24) is 5.32 Å². The summed E-state index contributed by atoms with van der Waals surface area (Å²) in [5.41, 5.74) is 2.80. The van der Waals surface area contributed by atoms with Gasteiger partial charge in [0.25, 0.3) is 0 Å². The van der Waals surface area contributed by atoms with E-state index in [-0.39, 0.29) is 12.1 Å². The number of ether oxygens (including phenoxy) is 3. The minimum Gasteiger partial charge on any atom is -0.382 e. The smallest absolute Gasteiger partial charge is 0.0776 e. The van der Waals surface area contributed by atoms with Crippen LogP contribution in [0, 0.1) is 0 Å². The van der Waals surface area contributed by atoms with E-state index in [1.54, 1.807) is 7.11 Å². The van der Waals surface area contributed by atoms with E-state index in [9.17, 15) is 0 Å². The second kappa shape index (κ2) is 8.49. The highest BCUT2D eigenvalue weighted by Crippen LogP contribution is 2.38. The van der Waals surface area contributed by atoms with E-state index in [4.69, 9.17) is 14.2 Å². The summed E-state index contributed by atoms with van der Waals surface area (Å²) in [7, 11) is 3.68. The first-order chi connectivity index (χ1) is 10.3. The number of nitrogens with one attached hydrogen (secondary N) is 1.